The molecule has 1 heterocycles. The molecule has 1 aromatic carbocycles. The molecule has 0 aromatic heterocycles. The number of nitrogens with zero attached hydrogens (tertiary/aromatic N) is 1. The van der Waals surface area contributed by atoms with Gasteiger partial charge in [0.2, 0.25) is 0 Å². The molecule has 1 aliphatic heterocycles. The molecule has 22 heavy (non-hydrogen) atoms. The number of piperidine rings is 1. The third kappa shape index (κ3) is 2.82. The average Bonchev–Trinajstić information content (AvgIpc) is 2.84. The van der Waals surface area contributed by atoms with Gasteiger partial charge >= 0.3 is 0 Å². The number of hydrogen-bond acceptors (Lipinski definition) is 4. The second kappa shape index (κ2) is 6.47. The first-order valence-corrected chi connectivity index (χ1v) is 8.27. The van der Waals surface area contributed by atoms with Gasteiger partial charge in [-0.25, -0.2) is 0 Å². The Morgan fingerprint density at radius 3 is 2.59 bits per heavy atom. The molecule has 0 spiro atoms. The van der Waals surface area contributed by atoms with Crippen LogP contribution in [0.25, 0.3) is 0 Å². The Morgan fingerprint density at radius 2 is 1.91 bits per heavy atom. The fourth-order valence-electron chi connectivity index (χ4n) is 4.04. The minimum atomic E-state index is -0.384. The van der Waals surface area contributed by atoms with Crippen molar-refractivity contribution in [3.05, 3.63) is 23.3 Å². The lowest BCUT2D eigenvalue weighted by molar-refractivity contribution is 0.0819. The standard InChI is InChI=1S/C18H27NO3/c1-19-7-5-4-6-14(19)9-13-8-12-10-16(21-2)17(22-3)11-15(12)18(13)20/h10-11,13-14,18,20H,4-9H2,1-3H3. The highest BCUT2D eigenvalue weighted by Gasteiger charge is 2.35. The second-order valence-electron chi connectivity index (χ2n) is 6.68. The van der Waals surface area contributed by atoms with E-state index in [4.69, 9.17) is 9.47 Å². The van der Waals surface area contributed by atoms with Crippen molar-refractivity contribution >= 4 is 0 Å². The summed E-state index contributed by atoms with van der Waals surface area (Å²) in [6.07, 6.45) is 5.48. The number of methoxy groups -OCH3 is 2. The second-order valence-corrected chi connectivity index (χ2v) is 6.68. The van der Waals surface area contributed by atoms with E-state index in [2.05, 4.69) is 11.9 Å². The summed E-state index contributed by atoms with van der Waals surface area (Å²) in [7, 11) is 5.51. The molecule has 2 aliphatic rings. The SMILES string of the molecule is COc1cc2c(cc1OC)C(O)C(CC1CCCCN1C)C2. The fraction of sp³-hybridized carbons (Fsp3) is 0.667. The van der Waals surface area contributed by atoms with Gasteiger partial charge in [-0.15, -0.1) is 0 Å². The summed E-state index contributed by atoms with van der Waals surface area (Å²) in [4.78, 5) is 2.46. The van der Waals surface area contributed by atoms with Crippen LogP contribution in [0, 0.1) is 5.92 Å². The molecular formula is C18H27NO3. The summed E-state index contributed by atoms with van der Waals surface area (Å²) in [5, 5.41) is 10.7. The van der Waals surface area contributed by atoms with E-state index in [-0.39, 0.29) is 6.10 Å². The lowest BCUT2D eigenvalue weighted by atomic mass is 9.89. The molecule has 3 unspecified atom stereocenters. The lowest BCUT2D eigenvalue weighted by Gasteiger charge is -2.34. The molecule has 1 fully saturated rings. The van der Waals surface area contributed by atoms with Crippen molar-refractivity contribution in [3.8, 4) is 11.5 Å². The van der Waals surface area contributed by atoms with Gasteiger partial charge in [0.1, 0.15) is 0 Å². The maximum absolute atomic E-state index is 10.7. The molecular weight excluding hydrogens is 278 g/mol. The summed E-state index contributed by atoms with van der Waals surface area (Å²) >= 11 is 0. The number of ether oxygens (including phenoxy) is 2. The Kier molecular flexibility index (Phi) is 4.59. The maximum Gasteiger partial charge on any atom is 0.161 e. The zero-order chi connectivity index (χ0) is 15.7. The average molecular weight is 305 g/mol. The highest BCUT2D eigenvalue weighted by molar-refractivity contribution is 5.50. The van der Waals surface area contributed by atoms with E-state index in [1.165, 1.54) is 31.4 Å². The van der Waals surface area contributed by atoms with E-state index in [0.717, 1.165) is 24.2 Å². The monoisotopic (exact) mass is 305 g/mol. The fourth-order valence-corrected chi connectivity index (χ4v) is 4.04. The van der Waals surface area contributed by atoms with Crippen molar-refractivity contribution in [2.24, 2.45) is 5.92 Å². The number of hydrogen-bond donors (Lipinski definition) is 1. The van der Waals surface area contributed by atoms with E-state index in [1.54, 1.807) is 14.2 Å². The minimum Gasteiger partial charge on any atom is -0.493 e. The Labute approximate surface area is 133 Å². The first-order chi connectivity index (χ1) is 10.6. The lowest BCUT2D eigenvalue weighted by Crippen LogP contribution is -2.38. The molecule has 1 saturated heterocycles. The smallest absolute Gasteiger partial charge is 0.161 e. The first-order valence-electron chi connectivity index (χ1n) is 8.27. The van der Waals surface area contributed by atoms with Crippen LogP contribution in [0.5, 0.6) is 11.5 Å². The largest absolute Gasteiger partial charge is 0.493 e. The molecule has 3 atom stereocenters. The van der Waals surface area contributed by atoms with Crippen molar-refractivity contribution in [3.63, 3.8) is 0 Å². The molecule has 3 rings (SSSR count). The van der Waals surface area contributed by atoms with Crippen LogP contribution in [0.4, 0.5) is 0 Å². The summed E-state index contributed by atoms with van der Waals surface area (Å²) < 4.78 is 10.8. The molecule has 4 nitrogen and oxygen atoms in total. The minimum absolute atomic E-state index is 0.303. The van der Waals surface area contributed by atoms with Gasteiger partial charge in [-0.3, -0.25) is 0 Å². The van der Waals surface area contributed by atoms with Gasteiger partial charge in [0, 0.05) is 6.04 Å². The van der Waals surface area contributed by atoms with Gasteiger partial charge in [-0.1, -0.05) is 6.42 Å². The van der Waals surface area contributed by atoms with Gasteiger partial charge in [0.05, 0.1) is 20.3 Å². The number of likely N-dealkylation sites (tertiary alicyclic amines) is 1. The number of rotatable bonds is 4. The molecule has 1 aliphatic carbocycles. The molecule has 0 radical (unpaired) electrons. The Morgan fingerprint density at radius 1 is 1.18 bits per heavy atom. The molecule has 0 saturated carbocycles. The van der Waals surface area contributed by atoms with Crippen LogP contribution in [0.2, 0.25) is 0 Å². The molecule has 0 amide bonds. The van der Waals surface area contributed by atoms with Crippen molar-refractivity contribution < 1.29 is 14.6 Å². The van der Waals surface area contributed by atoms with Gasteiger partial charge in [0.25, 0.3) is 0 Å². The van der Waals surface area contributed by atoms with Gasteiger partial charge < -0.3 is 19.5 Å². The maximum atomic E-state index is 10.7. The summed E-state index contributed by atoms with van der Waals surface area (Å²) in [6.45, 7) is 1.18. The molecule has 1 N–H and O–H groups in total. The summed E-state index contributed by atoms with van der Waals surface area (Å²) in [5.41, 5.74) is 2.22. The van der Waals surface area contributed by atoms with Crippen molar-refractivity contribution in [2.45, 2.75) is 44.2 Å². The third-order valence-electron chi connectivity index (χ3n) is 5.39. The van der Waals surface area contributed by atoms with Crippen LogP contribution in [0.3, 0.4) is 0 Å². The van der Waals surface area contributed by atoms with E-state index >= 15 is 0 Å². The van der Waals surface area contributed by atoms with Crippen LogP contribution in [-0.4, -0.2) is 43.9 Å². The predicted octanol–water partition coefficient (Wildman–Crippen LogP) is 2.78. The molecule has 0 bridgehead atoms. The van der Waals surface area contributed by atoms with E-state index < -0.39 is 0 Å². The van der Waals surface area contributed by atoms with Crippen LogP contribution in [0.15, 0.2) is 12.1 Å². The molecule has 122 valence electrons. The van der Waals surface area contributed by atoms with Crippen molar-refractivity contribution in [1.29, 1.82) is 0 Å². The van der Waals surface area contributed by atoms with Crippen molar-refractivity contribution in [1.82, 2.24) is 4.90 Å². The van der Waals surface area contributed by atoms with Gasteiger partial charge in [-0.2, -0.15) is 0 Å². The van der Waals surface area contributed by atoms with Crippen molar-refractivity contribution in [2.75, 3.05) is 27.8 Å². The van der Waals surface area contributed by atoms with Crippen LogP contribution >= 0.6 is 0 Å². The van der Waals surface area contributed by atoms with E-state index in [1.807, 2.05) is 12.1 Å². The zero-order valence-corrected chi connectivity index (χ0v) is 13.8. The predicted molar refractivity (Wildman–Crippen MR) is 86.6 cm³/mol. The summed E-state index contributed by atoms with van der Waals surface area (Å²) in [6, 6.07) is 4.58. The van der Waals surface area contributed by atoms with Crippen LogP contribution in [-0.2, 0) is 6.42 Å². The highest BCUT2D eigenvalue weighted by Crippen LogP contribution is 2.44. The number of fused-ring (bicyclic) bond motifs is 1. The number of aliphatic hydroxyl groups is 1. The highest BCUT2D eigenvalue weighted by atomic mass is 16.5. The topological polar surface area (TPSA) is 41.9 Å². The third-order valence-corrected chi connectivity index (χ3v) is 5.39. The van der Waals surface area contributed by atoms with E-state index in [0.29, 0.717) is 17.7 Å². The zero-order valence-electron chi connectivity index (χ0n) is 13.8. The van der Waals surface area contributed by atoms with Gasteiger partial charge in [-0.05, 0) is 68.5 Å². The van der Waals surface area contributed by atoms with Crippen LogP contribution < -0.4 is 9.47 Å². The van der Waals surface area contributed by atoms with Gasteiger partial charge in [0.15, 0.2) is 11.5 Å². The number of benzene rings is 1. The van der Waals surface area contributed by atoms with E-state index in [9.17, 15) is 5.11 Å². The Bertz CT molecular complexity index is 531. The Balaban J connectivity index is 1.77. The van der Waals surface area contributed by atoms with Crippen LogP contribution in [0.1, 0.15) is 42.9 Å². The Hall–Kier alpha value is -1.26. The molecule has 1 aromatic rings. The normalized spacial score (nSPS) is 28.5. The first kappa shape index (κ1) is 15.6. The quantitative estimate of drug-likeness (QED) is 0.929. The summed E-state index contributed by atoms with van der Waals surface area (Å²) in [5.74, 6) is 1.76. The number of aliphatic hydroxyl groups excluding tert-OH is 1. The molecule has 4 heteroatoms.